The van der Waals surface area contributed by atoms with E-state index in [1.54, 1.807) is 0 Å². The third-order valence-corrected chi connectivity index (χ3v) is 6.56. The normalized spacial score (nSPS) is 29.6. The van der Waals surface area contributed by atoms with E-state index >= 15 is 0 Å². The van der Waals surface area contributed by atoms with E-state index in [2.05, 4.69) is 40.5 Å². The lowest BCUT2D eigenvalue weighted by Gasteiger charge is -2.37. The van der Waals surface area contributed by atoms with Crippen LogP contribution < -0.4 is 10.2 Å². The fourth-order valence-electron chi connectivity index (χ4n) is 5.30. The van der Waals surface area contributed by atoms with Crippen molar-refractivity contribution in [3.05, 3.63) is 30.3 Å². The number of carbonyl (C=O) groups is 1. The van der Waals surface area contributed by atoms with E-state index in [0.29, 0.717) is 12.6 Å². The monoisotopic (exact) mass is 326 g/mol. The third kappa shape index (κ3) is 3.31. The van der Waals surface area contributed by atoms with Gasteiger partial charge in [0.05, 0.1) is 6.54 Å². The van der Waals surface area contributed by atoms with Crippen molar-refractivity contribution in [2.24, 2.45) is 5.92 Å². The highest BCUT2D eigenvalue weighted by Gasteiger charge is 2.45. The van der Waals surface area contributed by atoms with Gasteiger partial charge in [-0.05, 0) is 63.0 Å². The predicted molar refractivity (Wildman–Crippen MR) is 98.1 cm³/mol. The molecule has 3 saturated carbocycles. The second-order valence-corrected chi connectivity index (χ2v) is 8.23. The quantitative estimate of drug-likeness (QED) is 0.876. The zero-order valence-electron chi connectivity index (χ0n) is 14.7. The first-order valence-electron chi connectivity index (χ1n) is 9.87. The standard InChI is InChI=1S/C21H30N2O/c24-20(22-21-13-11-17(15-21)12-14-21)16-23(18-7-3-1-4-8-18)19-9-5-2-6-10-19/h1,3-4,7-8,17,19H,2,5-6,9-16H2,(H,22,24). The number of nitrogens with zero attached hydrogens (tertiary/aromatic N) is 1. The van der Waals surface area contributed by atoms with Gasteiger partial charge >= 0.3 is 0 Å². The Morgan fingerprint density at radius 1 is 1.04 bits per heavy atom. The summed E-state index contributed by atoms with van der Waals surface area (Å²) in [5, 5.41) is 3.44. The summed E-state index contributed by atoms with van der Waals surface area (Å²) >= 11 is 0. The Kier molecular flexibility index (Phi) is 4.51. The lowest BCUT2D eigenvalue weighted by Crippen LogP contribution is -2.51. The maximum Gasteiger partial charge on any atom is 0.239 e. The Labute approximate surface area is 145 Å². The van der Waals surface area contributed by atoms with Gasteiger partial charge in [-0.25, -0.2) is 0 Å². The molecular formula is C21H30N2O. The fourth-order valence-corrected chi connectivity index (χ4v) is 5.30. The number of amides is 1. The number of fused-ring (bicyclic) bond motifs is 2. The molecule has 2 bridgehead atoms. The summed E-state index contributed by atoms with van der Waals surface area (Å²) in [4.78, 5) is 15.2. The molecule has 3 fully saturated rings. The molecule has 0 atom stereocenters. The van der Waals surface area contributed by atoms with Gasteiger partial charge in [-0.1, -0.05) is 37.5 Å². The Bertz CT molecular complexity index is 556. The van der Waals surface area contributed by atoms with Crippen LogP contribution in [0.1, 0.15) is 64.2 Å². The number of hydrogen-bond donors (Lipinski definition) is 1. The highest BCUT2D eigenvalue weighted by Crippen LogP contribution is 2.47. The van der Waals surface area contributed by atoms with Crippen LogP contribution in [0.5, 0.6) is 0 Å². The molecule has 3 nitrogen and oxygen atoms in total. The van der Waals surface area contributed by atoms with Crippen molar-refractivity contribution in [2.45, 2.75) is 75.8 Å². The molecule has 130 valence electrons. The molecule has 0 radical (unpaired) electrons. The number of hydrogen-bond acceptors (Lipinski definition) is 2. The number of carbonyl (C=O) groups excluding carboxylic acids is 1. The summed E-state index contributed by atoms with van der Waals surface area (Å²) in [5.41, 5.74) is 1.34. The van der Waals surface area contributed by atoms with Crippen LogP contribution in [0.3, 0.4) is 0 Å². The summed E-state index contributed by atoms with van der Waals surface area (Å²) < 4.78 is 0. The summed E-state index contributed by atoms with van der Waals surface area (Å²) in [6.45, 7) is 0.515. The molecule has 0 saturated heterocycles. The first-order valence-corrected chi connectivity index (χ1v) is 9.87. The molecule has 3 aliphatic rings. The molecule has 3 aliphatic carbocycles. The minimum absolute atomic E-state index is 0.136. The lowest BCUT2D eigenvalue weighted by molar-refractivity contribution is -0.121. The summed E-state index contributed by atoms with van der Waals surface area (Å²) in [5.74, 6) is 1.10. The van der Waals surface area contributed by atoms with Crippen molar-refractivity contribution in [2.75, 3.05) is 11.4 Å². The summed E-state index contributed by atoms with van der Waals surface area (Å²) in [6, 6.07) is 11.0. The van der Waals surface area contributed by atoms with E-state index in [1.165, 1.54) is 69.9 Å². The average molecular weight is 326 g/mol. The number of nitrogens with one attached hydrogen (secondary N) is 1. The molecular weight excluding hydrogens is 296 g/mol. The van der Waals surface area contributed by atoms with E-state index in [0.717, 1.165) is 5.92 Å². The van der Waals surface area contributed by atoms with Crippen LogP contribution in [0.25, 0.3) is 0 Å². The van der Waals surface area contributed by atoms with Crippen LogP contribution in [0, 0.1) is 5.92 Å². The van der Waals surface area contributed by atoms with Crippen molar-refractivity contribution in [1.82, 2.24) is 5.32 Å². The van der Waals surface area contributed by atoms with E-state index in [1.807, 2.05) is 0 Å². The molecule has 0 heterocycles. The first kappa shape index (κ1) is 16.0. The van der Waals surface area contributed by atoms with Gasteiger partial charge in [-0.15, -0.1) is 0 Å². The molecule has 24 heavy (non-hydrogen) atoms. The van der Waals surface area contributed by atoms with Crippen LogP contribution in [-0.4, -0.2) is 24.0 Å². The topological polar surface area (TPSA) is 32.3 Å². The number of anilines is 1. The third-order valence-electron chi connectivity index (χ3n) is 6.56. The van der Waals surface area contributed by atoms with Crippen LogP contribution >= 0.6 is 0 Å². The molecule has 0 spiro atoms. The van der Waals surface area contributed by atoms with E-state index in [4.69, 9.17) is 0 Å². The zero-order chi connectivity index (χ0) is 16.4. The molecule has 1 amide bonds. The zero-order valence-corrected chi connectivity index (χ0v) is 14.7. The largest absolute Gasteiger partial charge is 0.359 e. The van der Waals surface area contributed by atoms with Gasteiger partial charge in [0, 0.05) is 17.3 Å². The fraction of sp³-hybridized carbons (Fsp3) is 0.667. The maximum atomic E-state index is 12.9. The van der Waals surface area contributed by atoms with Gasteiger partial charge in [0.2, 0.25) is 5.91 Å². The van der Waals surface area contributed by atoms with Crippen molar-refractivity contribution < 1.29 is 4.79 Å². The second kappa shape index (κ2) is 6.78. The molecule has 1 N–H and O–H groups in total. The molecule has 0 unspecified atom stereocenters. The van der Waals surface area contributed by atoms with E-state index in [9.17, 15) is 4.79 Å². The van der Waals surface area contributed by atoms with Crippen molar-refractivity contribution in [3.8, 4) is 0 Å². The lowest BCUT2D eigenvalue weighted by atomic mass is 9.93. The predicted octanol–water partition coefficient (Wildman–Crippen LogP) is 4.27. The summed E-state index contributed by atoms with van der Waals surface area (Å²) in [6.07, 6.45) is 12.6. The van der Waals surface area contributed by atoms with Crippen molar-refractivity contribution in [1.29, 1.82) is 0 Å². The molecule has 0 aliphatic heterocycles. The van der Waals surface area contributed by atoms with Crippen LogP contribution in [0.2, 0.25) is 0 Å². The minimum atomic E-state index is 0.136. The molecule has 1 aromatic carbocycles. The second-order valence-electron chi connectivity index (χ2n) is 8.23. The van der Waals surface area contributed by atoms with Crippen LogP contribution in [0.15, 0.2) is 30.3 Å². The van der Waals surface area contributed by atoms with E-state index in [-0.39, 0.29) is 11.4 Å². The van der Waals surface area contributed by atoms with Crippen LogP contribution in [0.4, 0.5) is 5.69 Å². The summed E-state index contributed by atoms with van der Waals surface area (Å²) in [7, 11) is 0. The van der Waals surface area contributed by atoms with Crippen molar-refractivity contribution in [3.63, 3.8) is 0 Å². The molecule has 0 aromatic heterocycles. The van der Waals surface area contributed by atoms with E-state index < -0.39 is 0 Å². The average Bonchev–Trinajstić information content (AvgIpc) is 3.21. The smallest absolute Gasteiger partial charge is 0.239 e. The Morgan fingerprint density at radius 3 is 2.38 bits per heavy atom. The highest BCUT2D eigenvalue weighted by molar-refractivity contribution is 5.82. The van der Waals surface area contributed by atoms with Crippen LogP contribution in [-0.2, 0) is 4.79 Å². The minimum Gasteiger partial charge on any atom is -0.359 e. The number of benzene rings is 1. The van der Waals surface area contributed by atoms with Gasteiger partial charge in [0.15, 0.2) is 0 Å². The number of para-hydroxylation sites is 1. The Balaban J connectivity index is 1.45. The molecule has 4 rings (SSSR count). The first-order chi connectivity index (χ1) is 11.7. The van der Waals surface area contributed by atoms with Gasteiger partial charge in [-0.3, -0.25) is 4.79 Å². The van der Waals surface area contributed by atoms with Crippen molar-refractivity contribution >= 4 is 11.6 Å². The molecule has 3 heteroatoms. The number of rotatable bonds is 5. The Hall–Kier alpha value is -1.51. The SMILES string of the molecule is O=C(CN(c1ccccc1)C1CCCCC1)NC12CCC(CC1)C2. The van der Waals surface area contributed by atoms with Gasteiger partial charge < -0.3 is 10.2 Å². The highest BCUT2D eigenvalue weighted by atomic mass is 16.2. The van der Waals surface area contributed by atoms with Gasteiger partial charge in [0.25, 0.3) is 0 Å². The van der Waals surface area contributed by atoms with Gasteiger partial charge in [0.1, 0.15) is 0 Å². The Morgan fingerprint density at radius 2 is 1.75 bits per heavy atom. The maximum absolute atomic E-state index is 12.9. The van der Waals surface area contributed by atoms with Gasteiger partial charge in [-0.2, -0.15) is 0 Å². The molecule has 1 aromatic rings.